The van der Waals surface area contributed by atoms with Crippen LogP contribution < -0.4 is 5.32 Å². The minimum absolute atomic E-state index is 0.0182. The van der Waals surface area contributed by atoms with E-state index in [1.165, 1.54) is 16.2 Å². The first-order chi connectivity index (χ1) is 9.19. The van der Waals surface area contributed by atoms with Gasteiger partial charge in [-0.1, -0.05) is 19.4 Å². The molecule has 0 aliphatic heterocycles. The maximum Gasteiger partial charge on any atom is 0.309 e. The van der Waals surface area contributed by atoms with Crippen molar-refractivity contribution in [1.82, 2.24) is 4.98 Å². The van der Waals surface area contributed by atoms with E-state index < -0.39 is 5.97 Å². The maximum absolute atomic E-state index is 10.6. The summed E-state index contributed by atoms with van der Waals surface area (Å²) >= 11 is 3.19. The van der Waals surface area contributed by atoms with Crippen LogP contribution in [-0.2, 0) is 11.2 Å². The first-order valence-electron chi connectivity index (χ1n) is 6.15. The molecule has 0 fully saturated rings. The molecule has 2 rings (SSSR count). The Balaban J connectivity index is 2.05. The second-order valence-corrected chi connectivity index (χ2v) is 6.05. The van der Waals surface area contributed by atoms with Crippen molar-refractivity contribution in [3.8, 4) is 0 Å². The van der Waals surface area contributed by atoms with Crippen molar-refractivity contribution in [3.63, 3.8) is 0 Å². The Morgan fingerprint density at radius 1 is 1.53 bits per heavy atom. The van der Waals surface area contributed by atoms with E-state index >= 15 is 0 Å². The lowest BCUT2D eigenvalue weighted by molar-refractivity contribution is -0.136. The number of nitrogens with one attached hydrogen (secondary N) is 1. The monoisotopic (exact) mass is 296 g/mol. The van der Waals surface area contributed by atoms with Crippen LogP contribution in [-0.4, -0.2) is 16.1 Å². The Hall–Kier alpha value is -1.40. The molecule has 0 aromatic carbocycles. The fourth-order valence-corrected chi connectivity index (χ4v) is 3.40. The predicted octanol–water partition coefficient (Wildman–Crippen LogP) is 3.79. The first kappa shape index (κ1) is 14.0. The van der Waals surface area contributed by atoms with E-state index in [1.807, 2.05) is 6.07 Å². The van der Waals surface area contributed by atoms with E-state index in [2.05, 4.69) is 28.7 Å². The van der Waals surface area contributed by atoms with Crippen molar-refractivity contribution in [1.29, 1.82) is 0 Å². The number of carboxylic acid groups (broad SMARTS) is 1. The molecule has 102 valence electrons. The summed E-state index contributed by atoms with van der Waals surface area (Å²) in [6, 6.07) is 4.42. The third kappa shape index (κ3) is 4.04. The molecule has 6 heteroatoms. The summed E-state index contributed by atoms with van der Waals surface area (Å²) in [4.78, 5) is 16.2. The van der Waals surface area contributed by atoms with Crippen molar-refractivity contribution in [2.75, 3.05) is 5.32 Å². The summed E-state index contributed by atoms with van der Waals surface area (Å²) in [5.41, 5.74) is 0.612. The minimum atomic E-state index is -0.847. The van der Waals surface area contributed by atoms with E-state index in [0.29, 0.717) is 5.69 Å². The number of aliphatic carboxylic acids is 1. The third-order valence-electron chi connectivity index (χ3n) is 2.65. The summed E-state index contributed by atoms with van der Waals surface area (Å²) in [7, 11) is 0. The summed E-state index contributed by atoms with van der Waals surface area (Å²) < 4.78 is 0. The van der Waals surface area contributed by atoms with Crippen LogP contribution in [0.4, 0.5) is 5.13 Å². The van der Waals surface area contributed by atoms with Gasteiger partial charge in [-0.3, -0.25) is 4.79 Å². The fourth-order valence-electron chi connectivity index (χ4n) is 1.82. The Morgan fingerprint density at radius 3 is 3.00 bits per heavy atom. The highest BCUT2D eigenvalue weighted by molar-refractivity contribution is 7.13. The molecule has 0 saturated carbocycles. The molecule has 2 aromatic heterocycles. The average molecular weight is 296 g/mol. The highest BCUT2D eigenvalue weighted by Crippen LogP contribution is 2.28. The highest BCUT2D eigenvalue weighted by atomic mass is 32.1. The highest BCUT2D eigenvalue weighted by Gasteiger charge is 2.14. The number of carbonyl (C=O) groups is 1. The van der Waals surface area contributed by atoms with Gasteiger partial charge in [-0.15, -0.1) is 22.7 Å². The summed E-state index contributed by atoms with van der Waals surface area (Å²) in [5.74, 6) is -0.847. The number of rotatable bonds is 7. The lowest BCUT2D eigenvalue weighted by Gasteiger charge is -2.15. The normalized spacial score (nSPS) is 12.3. The van der Waals surface area contributed by atoms with Gasteiger partial charge in [0.2, 0.25) is 0 Å². The molecule has 0 bridgehead atoms. The lowest BCUT2D eigenvalue weighted by Crippen LogP contribution is -2.09. The zero-order valence-corrected chi connectivity index (χ0v) is 12.3. The van der Waals surface area contributed by atoms with Gasteiger partial charge < -0.3 is 10.4 Å². The van der Waals surface area contributed by atoms with Crippen molar-refractivity contribution in [2.24, 2.45) is 0 Å². The Morgan fingerprint density at radius 2 is 2.37 bits per heavy atom. The van der Waals surface area contributed by atoms with E-state index in [-0.39, 0.29) is 12.5 Å². The van der Waals surface area contributed by atoms with Crippen LogP contribution in [0.2, 0.25) is 0 Å². The smallest absolute Gasteiger partial charge is 0.309 e. The van der Waals surface area contributed by atoms with E-state index in [9.17, 15) is 4.79 Å². The minimum Gasteiger partial charge on any atom is -0.481 e. The quantitative estimate of drug-likeness (QED) is 0.816. The molecule has 0 saturated heterocycles. The Bertz CT molecular complexity index is 522. The first-order valence-corrected chi connectivity index (χ1v) is 7.91. The second-order valence-electron chi connectivity index (χ2n) is 4.22. The molecule has 0 amide bonds. The van der Waals surface area contributed by atoms with Crippen LogP contribution in [0.1, 0.15) is 36.4 Å². The molecule has 0 spiro atoms. The van der Waals surface area contributed by atoms with E-state index in [1.54, 1.807) is 16.7 Å². The molecule has 2 aromatic rings. The predicted molar refractivity (Wildman–Crippen MR) is 79.0 cm³/mol. The molecular formula is C13H16N2O2S2. The number of aromatic nitrogens is 1. The standard InChI is InChI=1S/C13H16N2O2S2/c1-2-4-10(11-5-3-6-18-11)15-13-14-9(8-19-13)7-12(16)17/h3,5-6,8,10H,2,4,7H2,1H3,(H,14,15)(H,16,17). The van der Waals surface area contributed by atoms with Gasteiger partial charge in [-0.25, -0.2) is 4.98 Å². The average Bonchev–Trinajstić information content (AvgIpc) is 2.99. The van der Waals surface area contributed by atoms with Gasteiger partial charge in [0.05, 0.1) is 18.2 Å². The molecule has 19 heavy (non-hydrogen) atoms. The van der Waals surface area contributed by atoms with Crippen LogP contribution in [0.15, 0.2) is 22.9 Å². The van der Waals surface area contributed by atoms with Crippen LogP contribution in [0.5, 0.6) is 0 Å². The SMILES string of the molecule is CCCC(Nc1nc(CC(=O)O)cs1)c1cccs1. The number of carboxylic acids is 1. The molecule has 2 heterocycles. The molecule has 0 radical (unpaired) electrons. The third-order valence-corrected chi connectivity index (χ3v) is 4.45. The number of nitrogens with zero attached hydrogens (tertiary/aromatic N) is 1. The molecule has 1 unspecified atom stereocenters. The number of thiophene rings is 1. The number of anilines is 1. The van der Waals surface area contributed by atoms with Gasteiger partial charge in [0, 0.05) is 10.3 Å². The van der Waals surface area contributed by atoms with Crippen LogP contribution >= 0.6 is 22.7 Å². The molecular weight excluding hydrogens is 280 g/mol. The van der Waals surface area contributed by atoms with E-state index in [0.717, 1.165) is 18.0 Å². The zero-order chi connectivity index (χ0) is 13.7. The van der Waals surface area contributed by atoms with Gasteiger partial charge >= 0.3 is 5.97 Å². The van der Waals surface area contributed by atoms with Gasteiger partial charge in [0.1, 0.15) is 0 Å². The lowest BCUT2D eigenvalue weighted by atomic mass is 10.1. The van der Waals surface area contributed by atoms with Crippen LogP contribution in [0.3, 0.4) is 0 Å². The molecule has 4 nitrogen and oxygen atoms in total. The number of thiazole rings is 1. The summed E-state index contributed by atoms with van der Waals surface area (Å²) in [6.07, 6.45) is 2.10. The van der Waals surface area contributed by atoms with Gasteiger partial charge in [0.25, 0.3) is 0 Å². The van der Waals surface area contributed by atoms with Crippen molar-refractivity contribution in [2.45, 2.75) is 32.2 Å². The van der Waals surface area contributed by atoms with Crippen LogP contribution in [0, 0.1) is 0 Å². The Labute approximate surface area is 120 Å². The van der Waals surface area contributed by atoms with E-state index in [4.69, 9.17) is 5.11 Å². The van der Waals surface area contributed by atoms with Gasteiger partial charge in [0.15, 0.2) is 5.13 Å². The van der Waals surface area contributed by atoms with Crippen LogP contribution in [0.25, 0.3) is 0 Å². The van der Waals surface area contributed by atoms with Crippen molar-refractivity contribution in [3.05, 3.63) is 33.5 Å². The second kappa shape index (κ2) is 6.68. The van der Waals surface area contributed by atoms with Crippen molar-refractivity contribution < 1.29 is 9.90 Å². The van der Waals surface area contributed by atoms with Gasteiger partial charge in [-0.2, -0.15) is 0 Å². The number of hydrogen-bond acceptors (Lipinski definition) is 5. The molecule has 1 atom stereocenters. The maximum atomic E-state index is 10.6. The fraction of sp³-hybridized carbons (Fsp3) is 0.385. The summed E-state index contributed by atoms with van der Waals surface area (Å²) in [6.45, 7) is 2.15. The summed E-state index contributed by atoms with van der Waals surface area (Å²) in [5, 5.41) is 16.8. The largest absolute Gasteiger partial charge is 0.481 e. The van der Waals surface area contributed by atoms with Crippen molar-refractivity contribution >= 4 is 33.8 Å². The zero-order valence-electron chi connectivity index (χ0n) is 10.6. The van der Waals surface area contributed by atoms with Gasteiger partial charge in [-0.05, 0) is 17.9 Å². The molecule has 0 aliphatic rings. The Kier molecular flexibility index (Phi) is 4.93. The molecule has 2 N–H and O–H groups in total. The molecule has 0 aliphatic carbocycles. The number of hydrogen-bond donors (Lipinski definition) is 2. The topological polar surface area (TPSA) is 62.2 Å².